The van der Waals surface area contributed by atoms with Crippen LogP contribution in [-0.2, 0) is 11.2 Å². The lowest BCUT2D eigenvalue weighted by molar-refractivity contribution is 0.111. The fraction of sp³-hybridized carbons (Fsp3) is 0.462. The molecule has 1 saturated heterocycles. The molecule has 1 aromatic heterocycles. The second-order valence-electron chi connectivity index (χ2n) is 4.60. The topological polar surface area (TPSA) is 30.3 Å². The second-order valence-corrected chi connectivity index (χ2v) is 5.39. The van der Waals surface area contributed by atoms with Crippen LogP contribution in [-0.4, -0.2) is 41.8 Å². The lowest BCUT2D eigenvalue weighted by atomic mass is 10.3. The summed E-state index contributed by atoms with van der Waals surface area (Å²) >= 11 is 11.7. The lowest BCUT2D eigenvalue weighted by Gasteiger charge is -2.31. The number of hydrogen-bond acceptors (Lipinski definition) is 3. The van der Waals surface area contributed by atoms with Crippen LogP contribution in [0, 0.1) is 5.82 Å². The van der Waals surface area contributed by atoms with E-state index in [4.69, 9.17) is 27.9 Å². The summed E-state index contributed by atoms with van der Waals surface area (Å²) in [7, 11) is 0. The minimum absolute atomic E-state index is 0.101. The highest BCUT2D eigenvalue weighted by molar-refractivity contribution is 6.31. The van der Waals surface area contributed by atoms with Crippen molar-refractivity contribution >= 4 is 34.2 Å². The van der Waals surface area contributed by atoms with Crippen molar-refractivity contribution in [2.75, 3.05) is 37.2 Å². The summed E-state index contributed by atoms with van der Waals surface area (Å²) in [6, 6.07) is 2.98. The van der Waals surface area contributed by atoms with Gasteiger partial charge in [-0.2, -0.15) is 0 Å². The Morgan fingerprint density at radius 1 is 1.30 bits per heavy atom. The first kappa shape index (κ1) is 13.9. The fourth-order valence-corrected chi connectivity index (χ4v) is 2.75. The van der Waals surface area contributed by atoms with E-state index in [0.717, 1.165) is 24.4 Å². The van der Waals surface area contributed by atoms with Crippen LogP contribution in [0.25, 0.3) is 11.0 Å². The summed E-state index contributed by atoms with van der Waals surface area (Å²) in [5.74, 6) is 0.825. The van der Waals surface area contributed by atoms with Gasteiger partial charge in [-0.05, 0) is 6.07 Å². The van der Waals surface area contributed by atoms with E-state index in [2.05, 4.69) is 9.99 Å². The molecule has 1 aromatic carbocycles. The van der Waals surface area contributed by atoms with Gasteiger partial charge in [-0.3, -0.25) is 0 Å². The van der Waals surface area contributed by atoms with Crippen LogP contribution in [0.4, 0.5) is 4.39 Å². The Labute approximate surface area is 126 Å². The van der Waals surface area contributed by atoms with Crippen LogP contribution in [0.2, 0.25) is 5.02 Å². The van der Waals surface area contributed by atoms with Gasteiger partial charge < -0.3 is 9.75 Å². The molecule has 0 N–H and O–H groups in total. The fourth-order valence-electron chi connectivity index (χ4n) is 2.43. The van der Waals surface area contributed by atoms with E-state index in [-0.39, 0.29) is 5.02 Å². The third kappa shape index (κ3) is 2.45. The van der Waals surface area contributed by atoms with Gasteiger partial charge in [-0.1, -0.05) is 11.6 Å². The Bertz CT molecular complexity index is 626. The number of aromatic nitrogens is 2. The number of fused-ring (bicyclic) bond motifs is 1. The summed E-state index contributed by atoms with van der Waals surface area (Å²) in [6.07, 6.45) is 0.618. The number of nitrogens with zero attached hydrogens (tertiary/aromatic N) is 3. The van der Waals surface area contributed by atoms with Gasteiger partial charge in [-0.25, -0.2) is 14.1 Å². The Kier molecular flexibility index (Phi) is 4.01. The SMILES string of the molecule is Fc1cc2nc(CCCl)n(N3CCOCC3)c2cc1Cl. The summed E-state index contributed by atoms with van der Waals surface area (Å²) < 4.78 is 20.9. The number of rotatable bonds is 3. The van der Waals surface area contributed by atoms with Gasteiger partial charge in [0.2, 0.25) is 0 Å². The maximum atomic E-state index is 13.6. The Morgan fingerprint density at radius 3 is 2.75 bits per heavy atom. The maximum Gasteiger partial charge on any atom is 0.144 e. The molecule has 0 radical (unpaired) electrons. The molecule has 4 nitrogen and oxygen atoms in total. The Morgan fingerprint density at radius 2 is 2.05 bits per heavy atom. The summed E-state index contributed by atoms with van der Waals surface area (Å²) in [5.41, 5.74) is 1.40. The number of morpholine rings is 1. The lowest BCUT2D eigenvalue weighted by Crippen LogP contribution is -2.44. The molecule has 0 unspecified atom stereocenters. The van der Waals surface area contributed by atoms with Gasteiger partial charge in [0.15, 0.2) is 0 Å². The van der Waals surface area contributed by atoms with Crippen molar-refractivity contribution in [3.8, 4) is 0 Å². The maximum absolute atomic E-state index is 13.6. The molecule has 0 aliphatic carbocycles. The number of halogens is 3. The summed E-state index contributed by atoms with van der Waals surface area (Å²) in [6.45, 7) is 2.84. The zero-order valence-electron chi connectivity index (χ0n) is 10.8. The van der Waals surface area contributed by atoms with E-state index >= 15 is 0 Å². The first-order valence-corrected chi connectivity index (χ1v) is 7.37. The summed E-state index contributed by atoms with van der Waals surface area (Å²) in [4.78, 5) is 4.48. The van der Waals surface area contributed by atoms with Gasteiger partial charge in [0, 0.05) is 18.4 Å². The largest absolute Gasteiger partial charge is 0.378 e. The second kappa shape index (κ2) is 5.76. The van der Waals surface area contributed by atoms with Crippen molar-refractivity contribution in [2.45, 2.75) is 6.42 Å². The summed E-state index contributed by atoms with van der Waals surface area (Å²) in [5, 5.41) is 2.24. The number of alkyl halides is 1. The van der Waals surface area contributed by atoms with Gasteiger partial charge >= 0.3 is 0 Å². The molecule has 1 aliphatic heterocycles. The molecule has 2 heterocycles. The van der Waals surface area contributed by atoms with Crippen molar-refractivity contribution in [1.29, 1.82) is 0 Å². The van der Waals surface area contributed by atoms with Crippen LogP contribution < -0.4 is 5.01 Å². The molecule has 0 bridgehead atoms. The van der Waals surface area contributed by atoms with E-state index < -0.39 is 5.82 Å². The zero-order valence-corrected chi connectivity index (χ0v) is 12.3. The van der Waals surface area contributed by atoms with E-state index in [0.29, 0.717) is 31.0 Å². The average molecular weight is 318 g/mol. The highest BCUT2D eigenvalue weighted by atomic mass is 35.5. The Hall–Kier alpha value is -1.04. The van der Waals surface area contributed by atoms with Crippen LogP contribution in [0.15, 0.2) is 12.1 Å². The van der Waals surface area contributed by atoms with Crippen molar-refractivity contribution in [1.82, 2.24) is 9.66 Å². The van der Waals surface area contributed by atoms with Crippen molar-refractivity contribution < 1.29 is 9.13 Å². The third-order valence-electron chi connectivity index (χ3n) is 3.33. The molecule has 0 saturated carbocycles. The smallest absolute Gasteiger partial charge is 0.144 e. The molecule has 0 spiro atoms. The van der Waals surface area contributed by atoms with Gasteiger partial charge in [0.25, 0.3) is 0 Å². The van der Waals surface area contributed by atoms with Crippen LogP contribution in [0.5, 0.6) is 0 Å². The molecule has 3 rings (SSSR count). The minimum Gasteiger partial charge on any atom is -0.378 e. The third-order valence-corrected chi connectivity index (χ3v) is 3.81. The molecule has 0 atom stereocenters. The first-order chi connectivity index (χ1) is 9.70. The quantitative estimate of drug-likeness (QED) is 0.815. The van der Waals surface area contributed by atoms with Crippen LogP contribution in [0.3, 0.4) is 0 Å². The molecule has 0 amide bonds. The number of hydrogen-bond donors (Lipinski definition) is 0. The van der Waals surface area contributed by atoms with Crippen molar-refractivity contribution in [3.63, 3.8) is 0 Å². The molecule has 7 heteroatoms. The van der Waals surface area contributed by atoms with Crippen molar-refractivity contribution in [2.24, 2.45) is 0 Å². The number of benzene rings is 1. The van der Waals surface area contributed by atoms with Crippen LogP contribution in [0.1, 0.15) is 5.82 Å². The van der Waals surface area contributed by atoms with Gasteiger partial charge in [0.1, 0.15) is 11.6 Å². The monoisotopic (exact) mass is 317 g/mol. The van der Waals surface area contributed by atoms with Crippen LogP contribution >= 0.6 is 23.2 Å². The highest BCUT2D eigenvalue weighted by Crippen LogP contribution is 2.25. The standard InChI is InChI=1S/C13H14Cl2FN3O/c14-2-1-13-17-11-8-10(16)9(15)7-12(11)19(13)18-3-5-20-6-4-18/h7-8H,1-6H2. The molecule has 20 heavy (non-hydrogen) atoms. The van der Waals surface area contributed by atoms with E-state index in [9.17, 15) is 4.39 Å². The van der Waals surface area contributed by atoms with E-state index in [1.54, 1.807) is 6.07 Å². The molecule has 108 valence electrons. The van der Waals surface area contributed by atoms with Crippen molar-refractivity contribution in [3.05, 3.63) is 28.8 Å². The van der Waals surface area contributed by atoms with Gasteiger partial charge in [-0.15, -0.1) is 11.6 Å². The normalized spacial score (nSPS) is 16.1. The Balaban J connectivity index is 2.14. The predicted molar refractivity (Wildman–Crippen MR) is 77.9 cm³/mol. The number of ether oxygens (including phenoxy) is 1. The van der Waals surface area contributed by atoms with Gasteiger partial charge in [0.05, 0.1) is 42.4 Å². The van der Waals surface area contributed by atoms with E-state index in [1.807, 2.05) is 4.68 Å². The molecule has 1 aliphatic rings. The molecular formula is C13H14Cl2FN3O. The average Bonchev–Trinajstić information content (AvgIpc) is 2.78. The first-order valence-electron chi connectivity index (χ1n) is 6.46. The van der Waals surface area contributed by atoms with E-state index in [1.165, 1.54) is 6.07 Å². The molecule has 2 aromatic rings. The highest BCUT2D eigenvalue weighted by Gasteiger charge is 2.19. The number of imidazole rings is 1. The number of aryl methyl sites for hydroxylation is 1. The molecular weight excluding hydrogens is 304 g/mol. The zero-order chi connectivity index (χ0) is 14.1. The minimum atomic E-state index is -0.455. The molecule has 1 fully saturated rings. The predicted octanol–water partition coefficient (Wildman–Crippen LogP) is 2.58.